The third-order valence-electron chi connectivity index (χ3n) is 3.56. The summed E-state index contributed by atoms with van der Waals surface area (Å²) in [5, 5.41) is 9.83. The molecule has 2 aliphatic carbocycles. The van der Waals surface area contributed by atoms with Gasteiger partial charge in [-0.25, -0.2) is 0 Å². The van der Waals surface area contributed by atoms with Crippen LogP contribution in [0.5, 0.6) is 0 Å². The highest BCUT2D eigenvalue weighted by Gasteiger charge is 2.46. The topological polar surface area (TPSA) is 29.5 Å². The van der Waals surface area contributed by atoms with Crippen molar-refractivity contribution >= 4 is 0 Å². The Kier molecular flexibility index (Phi) is 2.37. The average molecular weight is 170 g/mol. The fourth-order valence-electron chi connectivity index (χ4n) is 2.87. The summed E-state index contributed by atoms with van der Waals surface area (Å²) in [4.78, 5) is 0. The van der Waals surface area contributed by atoms with E-state index in [-0.39, 0.29) is 6.10 Å². The van der Waals surface area contributed by atoms with Crippen molar-refractivity contribution in [2.75, 3.05) is 13.2 Å². The van der Waals surface area contributed by atoms with Gasteiger partial charge in [0.25, 0.3) is 0 Å². The molecule has 70 valence electrons. The second kappa shape index (κ2) is 3.35. The number of aliphatic hydroxyl groups excluding tert-OH is 1. The molecule has 0 amide bonds. The number of hydrogen-bond acceptors (Lipinski definition) is 2. The smallest absolute Gasteiger partial charge is 0.0621 e. The molecule has 4 atom stereocenters. The van der Waals surface area contributed by atoms with Crippen LogP contribution in [0.4, 0.5) is 0 Å². The molecule has 12 heavy (non-hydrogen) atoms. The van der Waals surface area contributed by atoms with Gasteiger partial charge < -0.3 is 9.84 Å². The Bertz CT molecular complexity index is 156. The van der Waals surface area contributed by atoms with E-state index in [0.29, 0.717) is 11.8 Å². The molecule has 4 unspecified atom stereocenters. The zero-order chi connectivity index (χ0) is 8.55. The van der Waals surface area contributed by atoms with E-state index >= 15 is 0 Å². The minimum absolute atomic E-state index is 0.0599. The molecule has 2 bridgehead atoms. The summed E-state index contributed by atoms with van der Waals surface area (Å²) in [7, 11) is 0. The Morgan fingerprint density at radius 3 is 2.67 bits per heavy atom. The molecule has 0 spiro atoms. The molecule has 0 radical (unpaired) electrons. The molecule has 0 aromatic rings. The van der Waals surface area contributed by atoms with Gasteiger partial charge in [-0.3, -0.25) is 0 Å². The van der Waals surface area contributed by atoms with Crippen molar-refractivity contribution in [1.82, 2.24) is 0 Å². The molecule has 2 heteroatoms. The van der Waals surface area contributed by atoms with Crippen LogP contribution in [-0.4, -0.2) is 24.4 Å². The normalized spacial score (nSPS) is 45.5. The number of aliphatic hydroxyl groups is 1. The number of fused-ring (bicyclic) bond motifs is 2. The van der Waals surface area contributed by atoms with Crippen LogP contribution in [0.3, 0.4) is 0 Å². The Labute approximate surface area is 73.9 Å². The molecule has 0 heterocycles. The fourth-order valence-corrected chi connectivity index (χ4v) is 2.87. The molecule has 2 aliphatic rings. The summed E-state index contributed by atoms with van der Waals surface area (Å²) in [6.45, 7) is 3.57. The van der Waals surface area contributed by atoms with E-state index in [0.717, 1.165) is 19.1 Å². The molecule has 2 nitrogen and oxygen atoms in total. The third kappa shape index (κ3) is 1.27. The van der Waals surface area contributed by atoms with E-state index in [1.165, 1.54) is 19.3 Å². The first-order valence-electron chi connectivity index (χ1n) is 5.08. The Morgan fingerprint density at radius 2 is 2.08 bits per heavy atom. The first-order valence-corrected chi connectivity index (χ1v) is 5.08. The fraction of sp³-hybridized carbons (Fsp3) is 1.00. The van der Waals surface area contributed by atoms with Crippen molar-refractivity contribution in [3.63, 3.8) is 0 Å². The van der Waals surface area contributed by atoms with E-state index in [4.69, 9.17) is 4.74 Å². The van der Waals surface area contributed by atoms with Gasteiger partial charge in [0.1, 0.15) is 0 Å². The highest BCUT2D eigenvalue weighted by Crippen LogP contribution is 2.48. The maximum atomic E-state index is 9.83. The minimum Gasteiger partial charge on any atom is -0.392 e. The van der Waals surface area contributed by atoms with Crippen LogP contribution >= 0.6 is 0 Å². The van der Waals surface area contributed by atoms with Gasteiger partial charge in [-0.15, -0.1) is 0 Å². The number of ether oxygens (including phenoxy) is 1. The van der Waals surface area contributed by atoms with Crippen molar-refractivity contribution < 1.29 is 9.84 Å². The predicted octanol–water partition coefficient (Wildman–Crippen LogP) is 1.43. The molecular weight excluding hydrogens is 152 g/mol. The van der Waals surface area contributed by atoms with Crippen molar-refractivity contribution in [3.8, 4) is 0 Å². The minimum atomic E-state index is -0.0599. The lowest BCUT2D eigenvalue weighted by atomic mass is 9.87. The summed E-state index contributed by atoms with van der Waals surface area (Å²) in [6, 6.07) is 0. The quantitative estimate of drug-likeness (QED) is 0.694. The first-order chi connectivity index (χ1) is 5.83. The standard InChI is InChI=1S/C10H18O2/c1-2-12-6-9-7-3-4-8(5-7)10(9)11/h7-11H,2-6H2,1H3. The largest absolute Gasteiger partial charge is 0.392 e. The SMILES string of the molecule is CCOCC1C2CCC(C2)C1O. The van der Waals surface area contributed by atoms with E-state index < -0.39 is 0 Å². The molecular formula is C10H18O2. The van der Waals surface area contributed by atoms with Crippen molar-refractivity contribution in [2.45, 2.75) is 32.3 Å². The Hall–Kier alpha value is -0.0800. The van der Waals surface area contributed by atoms with Crippen molar-refractivity contribution in [3.05, 3.63) is 0 Å². The zero-order valence-corrected chi connectivity index (χ0v) is 7.70. The monoisotopic (exact) mass is 170 g/mol. The molecule has 0 aromatic heterocycles. The summed E-state index contributed by atoms with van der Waals surface area (Å²) < 4.78 is 5.38. The van der Waals surface area contributed by atoms with E-state index in [2.05, 4.69) is 0 Å². The number of hydrogen-bond donors (Lipinski definition) is 1. The molecule has 0 aromatic carbocycles. The molecule has 2 rings (SSSR count). The zero-order valence-electron chi connectivity index (χ0n) is 7.70. The lowest BCUT2D eigenvalue weighted by molar-refractivity contribution is 0.00226. The predicted molar refractivity (Wildman–Crippen MR) is 46.8 cm³/mol. The third-order valence-corrected chi connectivity index (χ3v) is 3.56. The molecule has 0 aliphatic heterocycles. The first kappa shape index (κ1) is 8.52. The summed E-state index contributed by atoms with van der Waals surface area (Å²) in [6.07, 6.45) is 3.75. The van der Waals surface area contributed by atoms with Crippen LogP contribution in [0, 0.1) is 17.8 Å². The van der Waals surface area contributed by atoms with Gasteiger partial charge in [-0.05, 0) is 38.0 Å². The number of rotatable bonds is 3. The van der Waals surface area contributed by atoms with Crippen LogP contribution in [0.1, 0.15) is 26.2 Å². The van der Waals surface area contributed by atoms with E-state index in [1.54, 1.807) is 0 Å². The highest BCUT2D eigenvalue weighted by atomic mass is 16.5. The van der Waals surface area contributed by atoms with Crippen LogP contribution in [0.2, 0.25) is 0 Å². The lowest BCUT2D eigenvalue weighted by Crippen LogP contribution is -2.30. The van der Waals surface area contributed by atoms with Gasteiger partial charge in [-0.2, -0.15) is 0 Å². The summed E-state index contributed by atoms with van der Waals surface area (Å²) in [5.41, 5.74) is 0. The average Bonchev–Trinajstić information content (AvgIpc) is 2.62. The van der Waals surface area contributed by atoms with Crippen molar-refractivity contribution in [1.29, 1.82) is 0 Å². The Morgan fingerprint density at radius 1 is 1.33 bits per heavy atom. The van der Waals surface area contributed by atoms with Crippen LogP contribution < -0.4 is 0 Å². The van der Waals surface area contributed by atoms with Gasteiger partial charge in [-0.1, -0.05) is 0 Å². The summed E-state index contributed by atoms with van der Waals surface area (Å²) in [5.74, 6) is 1.81. The lowest BCUT2D eigenvalue weighted by Gasteiger charge is -2.26. The Balaban J connectivity index is 1.89. The molecule has 1 N–H and O–H groups in total. The van der Waals surface area contributed by atoms with Crippen molar-refractivity contribution in [2.24, 2.45) is 17.8 Å². The van der Waals surface area contributed by atoms with Crippen LogP contribution in [0.25, 0.3) is 0 Å². The van der Waals surface area contributed by atoms with Gasteiger partial charge in [0.15, 0.2) is 0 Å². The second-order valence-electron chi connectivity index (χ2n) is 4.15. The highest BCUT2D eigenvalue weighted by molar-refractivity contribution is 4.96. The molecule has 2 fully saturated rings. The van der Waals surface area contributed by atoms with Gasteiger partial charge in [0, 0.05) is 12.5 Å². The van der Waals surface area contributed by atoms with Crippen LogP contribution in [0.15, 0.2) is 0 Å². The maximum Gasteiger partial charge on any atom is 0.0621 e. The van der Waals surface area contributed by atoms with Gasteiger partial charge in [0.2, 0.25) is 0 Å². The van der Waals surface area contributed by atoms with Crippen LogP contribution in [-0.2, 0) is 4.74 Å². The maximum absolute atomic E-state index is 9.83. The second-order valence-corrected chi connectivity index (χ2v) is 4.15. The molecule has 0 saturated heterocycles. The summed E-state index contributed by atoms with van der Waals surface area (Å²) >= 11 is 0. The van der Waals surface area contributed by atoms with Gasteiger partial charge in [0.05, 0.1) is 12.7 Å². The molecule has 2 saturated carbocycles. The van der Waals surface area contributed by atoms with Gasteiger partial charge >= 0.3 is 0 Å². The van der Waals surface area contributed by atoms with E-state index in [1.807, 2.05) is 6.92 Å². The van der Waals surface area contributed by atoms with E-state index in [9.17, 15) is 5.11 Å².